The number of ether oxygens (including phenoxy) is 1. The highest BCUT2D eigenvalue weighted by Crippen LogP contribution is 2.35. The predicted octanol–water partition coefficient (Wildman–Crippen LogP) is 1.88. The van der Waals surface area contributed by atoms with Crippen molar-refractivity contribution in [2.75, 3.05) is 27.2 Å². The van der Waals surface area contributed by atoms with E-state index < -0.39 is 0 Å². The molecule has 0 aromatic heterocycles. The van der Waals surface area contributed by atoms with Gasteiger partial charge in [-0.3, -0.25) is 4.90 Å². The summed E-state index contributed by atoms with van der Waals surface area (Å²) < 4.78 is 5.42. The molecule has 1 heterocycles. The van der Waals surface area contributed by atoms with Gasteiger partial charge in [0.25, 0.3) is 0 Å². The van der Waals surface area contributed by atoms with E-state index in [0.717, 1.165) is 31.7 Å². The standard InChI is InChI=1S/C14H22N2O/c1-10-8-11-5-7-16(2)13(4-6-15)12(11)9-14(10)17-3/h8-9,13H,4-7,15H2,1-3H3. The Kier molecular flexibility index (Phi) is 3.69. The molecule has 0 spiro atoms. The Morgan fingerprint density at radius 2 is 2.24 bits per heavy atom. The topological polar surface area (TPSA) is 38.5 Å². The quantitative estimate of drug-likeness (QED) is 0.868. The Morgan fingerprint density at radius 3 is 2.88 bits per heavy atom. The molecule has 17 heavy (non-hydrogen) atoms. The van der Waals surface area contributed by atoms with Gasteiger partial charge < -0.3 is 10.5 Å². The normalized spacial score (nSPS) is 20.1. The summed E-state index contributed by atoms with van der Waals surface area (Å²) >= 11 is 0. The average Bonchev–Trinajstić information content (AvgIpc) is 2.32. The third-order valence-corrected chi connectivity index (χ3v) is 3.72. The summed E-state index contributed by atoms with van der Waals surface area (Å²) in [7, 11) is 3.91. The molecule has 0 radical (unpaired) electrons. The Morgan fingerprint density at radius 1 is 1.47 bits per heavy atom. The van der Waals surface area contributed by atoms with E-state index >= 15 is 0 Å². The molecule has 1 aromatic rings. The van der Waals surface area contributed by atoms with E-state index in [2.05, 4.69) is 31.0 Å². The molecule has 2 N–H and O–H groups in total. The molecule has 3 nitrogen and oxygen atoms in total. The van der Waals surface area contributed by atoms with Crippen molar-refractivity contribution in [2.24, 2.45) is 5.73 Å². The lowest BCUT2D eigenvalue weighted by molar-refractivity contribution is 0.221. The zero-order valence-electron chi connectivity index (χ0n) is 11.0. The van der Waals surface area contributed by atoms with Gasteiger partial charge in [-0.2, -0.15) is 0 Å². The van der Waals surface area contributed by atoms with Crippen LogP contribution >= 0.6 is 0 Å². The summed E-state index contributed by atoms with van der Waals surface area (Å²) in [4.78, 5) is 2.39. The summed E-state index contributed by atoms with van der Waals surface area (Å²) in [6, 6.07) is 4.91. The molecule has 0 bridgehead atoms. The van der Waals surface area contributed by atoms with Gasteiger partial charge in [-0.15, -0.1) is 0 Å². The van der Waals surface area contributed by atoms with Crippen molar-refractivity contribution < 1.29 is 4.74 Å². The first kappa shape index (κ1) is 12.4. The van der Waals surface area contributed by atoms with E-state index in [0.29, 0.717) is 6.04 Å². The first-order chi connectivity index (χ1) is 8.17. The fourth-order valence-corrected chi connectivity index (χ4v) is 2.73. The van der Waals surface area contributed by atoms with Gasteiger partial charge in [0.1, 0.15) is 5.75 Å². The minimum absolute atomic E-state index is 0.443. The zero-order valence-corrected chi connectivity index (χ0v) is 11.0. The molecular formula is C14H22N2O. The number of benzene rings is 1. The Bertz CT molecular complexity index is 403. The van der Waals surface area contributed by atoms with Gasteiger partial charge in [-0.25, -0.2) is 0 Å². The molecule has 1 atom stereocenters. The third kappa shape index (κ3) is 2.31. The number of aryl methyl sites for hydroxylation is 1. The maximum atomic E-state index is 5.72. The molecular weight excluding hydrogens is 212 g/mol. The minimum atomic E-state index is 0.443. The summed E-state index contributed by atoms with van der Waals surface area (Å²) in [5, 5.41) is 0. The summed E-state index contributed by atoms with van der Waals surface area (Å²) in [6.45, 7) is 3.95. The van der Waals surface area contributed by atoms with Crippen molar-refractivity contribution >= 4 is 0 Å². The van der Waals surface area contributed by atoms with Gasteiger partial charge in [0.2, 0.25) is 0 Å². The number of fused-ring (bicyclic) bond motifs is 1. The van der Waals surface area contributed by atoms with Crippen LogP contribution in [-0.4, -0.2) is 32.1 Å². The summed E-state index contributed by atoms with van der Waals surface area (Å²) in [5.74, 6) is 0.987. The maximum Gasteiger partial charge on any atom is 0.122 e. The van der Waals surface area contributed by atoms with Crippen LogP contribution in [0.4, 0.5) is 0 Å². The first-order valence-corrected chi connectivity index (χ1v) is 6.25. The van der Waals surface area contributed by atoms with E-state index in [1.807, 2.05) is 0 Å². The second kappa shape index (κ2) is 5.07. The van der Waals surface area contributed by atoms with Crippen LogP contribution in [0.2, 0.25) is 0 Å². The number of hydrogen-bond donors (Lipinski definition) is 1. The molecule has 1 aliphatic heterocycles. The van der Waals surface area contributed by atoms with Crippen molar-refractivity contribution in [3.8, 4) is 5.75 Å². The molecule has 0 aliphatic carbocycles. The Labute approximate surface area is 104 Å². The SMILES string of the molecule is COc1cc2c(cc1C)CCN(C)C2CCN. The van der Waals surface area contributed by atoms with E-state index in [-0.39, 0.29) is 0 Å². The number of rotatable bonds is 3. The second-order valence-electron chi connectivity index (χ2n) is 4.84. The van der Waals surface area contributed by atoms with Crippen molar-refractivity contribution in [3.63, 3.8) is 0 Å². The lowest BCUT2D eigenvalue weighted by Gasteiger charge is -2.35. The highest BCUT2D eigenvalue weighted by atomic mass is 16.5. The highest BCUT2D eigenvalue weighted by molar-refractivity contribution is 5.44. The molecule has 3 heteroatoms. The lowest BCUT2D eigenvalue weighted by atomic mass is 9.89. The number of nitrogens with zero attached hydrogens (tertiary/aromatic N) is 1. The van der Waals surface area contributed by atoms with Crippen molar-refractivity contribution in [2.45, 2.75) is 25.8 Å². The van der Waals surface area contributed by atoms with Gasteiger partial charge in [0.15, 0.2) is 0 Å². The van der Waals surface area contributed by atoms with Crippen LogP contribution in [0, 0.1) is 6.92 Å². The van der Waals surface area contributed by atoms with Gasteiger partial charge in [0, 0.05) is 12.6 Å². The van der Waals surface area contributed by atoms with E-state index in [1.165, 1.54) is 16.7 Å². The van der Waals surface area contributed by atoms with Crippen molar-refractivity contribution in [1.29, 1.82) is 0 Å². The minimum Gasteiger partial charge on any atom is -0.496 e. The summed E-state index contributed by atoms with van der Waals surface area (Å²) in [6.07, 6.45) is 2.13. The number of likely N-dealkylation sites (N-methyl/N-ethyl adjacent to an activating group) is 1. The van der Waals surface area contributed by atoms with E-state index in [1.54, 1.807) is 7.11 Å². The molecule has 0 saturated carbocycles. The van der Waals surface area contributed by atoms with Crippen LogP contribution in [0.1, 0.15) is 29.2 Å². The molecule has 0 fully saturated rings. The zero-order chi connectivity index (χ0) is 12.4. The molecule has 0 amide bonds. The van der Waals surface area contributed by atoms with Crippen LogP contribution < -0.4 is 10.5 Å². The lowest BCUT2D eigenvalue weighted by Crippen LogP contribution is -2.33. The number of hydrogen-bond acceptors (Lipinski definition) is 3. The van der Waals surface area contributed by atoms with E-state index in [9.17, 15) is 0 Å². The molecule has 0 saturated heterocycles. The molecule has 1 unspecified atom stereocenters. The van der Waals surface area contributed by atoms with Gasteiger partial charge in [-0.05, 0) is 56.1 Å². The van der Waals surface area contributed by atoms with Crippen LogP contribution in [0.25, 0.3) is 0 Å². The first-order valence-electron chi connectivity index (χ1n) is 6.25. The number of nitrogens with two attached hydrogens (primary N) is 1. The maximum absolute atomic E-state index is 5.72. The fourth-order valence-electron chi connectivity index (χ4n) is 2.73. The predicted molar refractivity (Wildman–Crippen MR) is 70.5 cm³/mol. The van der Waals surface area contributed by atoms with Crippen LogP contribution in [0.5, 0.6) is 5.75 Å². The largest absolute Gasteiger partial charge is 0.496 e. The van der Waals surface area contributed by atoms with Gasteiger partial charge >= 0.3 is 0 Å². The molecule has 2 rings (SSSR count). The smallest absolute Gasteiger partial charge is 0.122 e. The second-order valence-corrected chi connectivity index (χ2v) is 4.84. The number of methoxy groups -OCH3 is 1. The van der Waals surface area contributed by atoms with Gasteiger partial charge in [0.05, 0.1) is 7.11 Å². The van der Waals surface area contributed by atoms with Crippen LogP contribution in [-0.2, 0) is 6.42 Å². The fraction of sp³-hybridized carbons (Fsp3) is 0.571. The third-order valence-electron chi connectivity index (χ3n) is 3.72. The van der Waals surface area contributed by atoms with Crippen molar-refractivity contribution in [3.05, 3.63) is 28.8 Å². The molecule has 1 aliphatic rings. The monoisotopic (exact) mass is 234 g/mol. The van der Waals surface area contributed by atoms with Gasteiger partial charge in [-0.1, -0.05) is 6.07 Å². The summed E-state index contributed by atoms with van der Waals surface area (Å²) in [5.41, 5.74) is 9.80. The molecule has 1 aromatic carbocycles. The molecule has 94 valence electrons. The Hall–Kier alpha value is -1.06. The highest BCUT2D eigenvalue weighted by Gasteiger charge is 2.25. The average molecular weight is 234 g/mol. The Balaban J connectivity index is 2.42. The van der Waals surface area contributed by atoms with Crippen LogP contribution in [0.15, 0.2) is 12.1 Å². The van der Waals surface area contributed by atoms with Crippen LogP contribution in [0.3, 0.4) is 0 Å². The van der Waals surface area contributed by atoms with E-state index in [4.69, 9.17) is 10.5 Å². The van der Waals surface area contributed by atoms with Crippen molar-refractivity contribution in [1.82, 2.24) is 4.90 Å².